The summed E-state index contributed by atoms with van der Waals surface area (Å²) in [5.41, 5.74) is 2.07. The van der Waals surface area contributed by atoms with Crippen LogP contribution in [0.2, 0.25) is 0 Å². The molecule has 0 bridgehead atoms. The highest BCUT2D eigenvalue weighted by Crippen LogP contribution is 2.33. The van der Waals surface area contributed by atoms with Crippen LogP contribution in [-0.4, -0.2) is 32.0 Å². The SMILES string of the molecule is CCCNC(=O)CCNC1CC(=O)N(C)c2ccccc21. The van der Waals surface area contributed by atoms with Gasteiger partial charge in [0.15, 0.2) is 0 Å². The van der Waals surface area contributed by atoms with Gasteiger partial charge in [0.2, 0.25) is 11.8 Å². The average molecular weight is 289 g/mol. The summed E-state index contributed by atoms with van der Waals surface area (Å²) < 4.78 is 0. The van der Waals surface area contributed by atoms with Crippen molar-refractivity contribution >= 4 is 17.5 Å². The Morgan fingerprint density at radius 2 is 2.10 bits per heavy atom. The van der Waals surface area contributed by atoms with Crippen LogP contribution >= 0.6 is 0 Å². The number of hydrogen-bond donors (Lipinski definition) is 2. The summed E-state index contributed by atoms with van der Waals surface area (Å²) in [6, 6.07) is 7.89. The summed E-state index contributed by atoms with van der Waals surface area (Å²) in [6.45, 7) is 3.32. The maximum absolute atomic E-state index is 12.0. The fourth-order valence-electron chi connectivity index (χ4n) is 2.54. The van der Waals surface area contributed by atoms with Gasteiger partial charge in [0.1, 0.15) is 0 Å². The predicted molar refractivity (Wildman–Crippen MR) is 83.1 cm³/mol. The van der Waals surface area contributed by atoms with Crippen LogP contribution in [0.4, 0.5) is 5.69 Å². The number of amides is 2. The zero-order valence-corrected chi connectivity index (χ0v) is 12.7. The number of carbonyl (C=O) groups is 2. The smallest absolute Gasteiger partial charge is 0.228 e. The zero-order valence-electron chi connectivity index (χ0n) is 12.7. The van der Waals surface area contributed by atoms with Crippen LogP contribution in [0, 0.1) is 0 Å². The van der Waals surface area contributed by atoms with Gasteiger partial charge in [-0.25, -0.2) is 0 Å². The van der Waals surface area contributed by atoms with Crippen molar-refractivity contribution in [3.8, 4) is 0 Å². The van der Waals surface area contributed by atoms with Gasteiger partial charge in [-0.2, -0.15) is 0 Å². The van der Waals surface area contributed by atoms with Crippen molar-refractivity contribution in [3.05, 3.63) is 29.8 Å². The lowest BCUT2D eigenvalue weighted by Gasteiger charge is -2.32. The Kier molecular flexibility index (Phi) is 5.33. The highest BCUT2D eigenvalue weighted by Gasteiger charge is 2.28. The molecule has 2 rings (SSSR count). The van der Waals surface area contributed by atoms with Crippen LogP contribution in [0.1, 0.15) is 37.8 Å². The molecule has 2 N–H and O–H groups in total. The van der Waals surface area contributed by atoms with Gasteiger partial charge in [-0.15, -0.1) is 0 Å². The van der Waals surface area contributed by atoms with E-state index in [1.165, 1.54) is 0 Å². The quantitative estimate of drug-likeness (QED) is 0.836. The van der Waals surface area contributed by atoms with E-state index in [4.69, 9.17) is 0 Å². The van der Waals surface area contributed by atoms with Gasteiger partial charge in [-0.05, 0) is 18.1 Å². The molecule has 5 heteroatoms. The number of para-hydroxylation sites is 1. The molecule has 1 atom stereocenters. The van der Waals surface area contributed by atoms with Crippen molar-refractivity contribution in [3.63, 3.8) is 0 Å². The fourth-order valence-corrected chi connectivity index (χ4v) is 2.54. The average Bonchev–Trinajstić information content (AvgIpc) is 2.50. The first-order valence-corrected chi connectivity index (χ1v) is 7.49. The molecule has 0 aliphatic carbocycles. The molecule has 21 heavy (non-hydrogen) atoms. The molecule has 0 saturated heterocycles. The molecule has 1 aliphatic heterocycles. The first-order valence-electron chi connectivity index (χ1n) is 7.49. The molecule has 1 heterocycles. The van der Waals surface area contributed by atoms with E-state index in [-0.39, 0.29) is 17.9 Å². The summed E-state index contributed by atoms with van der Waals surface area (Å²) in [5.74, 6) is 0.151. The highest BCUT2D eigenvalue weighted by atomic mass is 16.2. The molecule has 0 spiro atoms. The number of anilines is 1. The zero-order chi connectivity index (χ0) is 15.2. The Morgan fingerprint density at radius 1 is 1.33 bits per heavy atom. The van der Waals surface area contributed by atoms with Gasteiger partial charge in [-0.3, -0.25) is 9.59 Å². The van der Waals surface area contributed by atoms with Crippen molar-refractivity contribution < 1.29 is 9.59 Å². The minimum Gasteiger partial charge on any atom is -0.356 e. The number of carbonyl (C=O) groups excluding carboxylic acids is 2. The van der Waals surface area contributed by atoms with Gasteiger partial charge in [-0.1, -0.05) is 25.1 Å². The van der Waals surface area contributed by atoms with Crippen molar-refractivity contribution in [1.29, 1.82) is 0 Å². The molecule has 1 unspecified atom stereocenters. The lowest BCUT2D eigenvalue weighted by Crippen LogP contribution is -2.38. The van der Waals surface area contributed by atoms with Gasteiger partial charge in [0.05, 0.1) is 0 Å². The minimum absolute atomic E-state index is 0.0103. The Hall–Kier alpha value is -1.88. The topological polar surface area (TPSA) is 61.4 Å². The van der Waals surface area contributed by atoms with Gasteiger partial charge in [0, 0.05) is 44.7 Å². The second kappa shape index (κ2) is 7.22. The number of fused-ring (bicyclic) bond motifs is 1. The minimum atomic E-state index is -0.0103. The molecule has 0 fully saturated rings. The molecule has 0 saturated carbocycles. The molecule has 1 aromatic carbocycles. The molecule has 5 nitrogen and oxygen atoms in total. The van der Waals surface area contributed by atoms with E-state index in [0.29, 0.717) is 25.9 Å². The largest absolute Gasteiger partial charge is 0.356 e. The standard InChI is InChI=1S/C16H23N3O2/c1-3-9-18-15(20)8-10-17-13-11-16(21)19(2)14-7-5-4-6-12(13)14/h4-7,13,17H,3,8-11H2,1-2H3,(H,18,20). The third kappa shape index (κ3) is 3.82. The molecule has 114 valence electrons. The highest BCUT2D eigenvalue weighted by molar-refractivity contribution is 5.96. The van der Waals surface area contributed by atoms with Crippen LogP contribution in [0.25, 0.3) is 0 Å². The van der Waals surface area contributed by atoms with E-state index < -0.39 is 0 Å². The van der Waals surface area contributed by atoms with E-state index in [9.17, 15) is 9.59 Å². The van der Waals surface area contributed by atoms with Crippen LogP contribution in [0.5, 0.6) is 0 Å². The van der Waals surface area contributed by atoms with E-state index in [1.54, 1.807) is 11.9 Å². The number of nitrogens with one attached hydrogen (secondary N) is 2. The number of nitrogens with zero attached hydrogens (tertiary/aromatic N) is 1. The Labute approximate surface area is 125 Å². The monoisotopic (exact) mass is 289 g/mol. The van der Waals surface area contributed by atoms with Crippen molar-refractivity contribution in [2.24, 2.45) is 0 Å². The third-order valence-corrected chi connectivity index (χ3v) is 3.74. The van der Waals surface area contributed by atoms with Crippen LogP contribution in [0.15, 0.2) is 24.3 Å². The molecule has 1 aliphatic rings. The normalized spacial score (nSPS) is 17.5. The second-order valence-electron chi connectivity index (χ2n) is 5.32. The van der Waals surface area contributed by atoms with Gasteiger partial charge < -0.3 is 15.5 Å². The lowest BCUT2D eigenvalue weighted by molar-refractivity contribution is -0.121. The predicted octanol–water partition coefficient (Wildman–Crippen LogP) is 1.60. The molecule has 0 aromatic heterocycles. The fraction of sp³-hybridized carbons (Fsp3) is 0.500. The number of benzene rings is 1. The van der Waals surface area contributed by atoms with Crippen LogP contribution < -0.4 is 15.5 Å². The maximum Gasteiger partial charge on any atom is 0.228 e. The summed E-state index contributed by atoms with van der Waals surface area (Å²) in [6.07, 6.45) is 1.81. The van der Waals surface area contributed by atoms with E-state index >= 15 is 0 Å². The summed E-state index contributed by atoms with van der Waals surface area (Å²) >= 11 is 0. The first kappa shape index (κ1) is 15.5. The Bertz CT molecular complexity index is 516. The third-order valence-electron chi connectivity index (χ3n) is 3.74. The van der Waals surface area contributed by atoms with Crippen LogP contribution in [0.3, 0.4) is 0 Å². The van der Waals surface area contributed by atoms with Crippen LogP contribution in [-0.2, 0) is 9.59 Å². The number of rotatable bonds is 6. The molecule has 0 radical (unpaired) electrons. The first-order chi connectivity index (χ1) is 10.1. The molecular weight excluding hydrogens is 266 g/mol. The molecular formula is C16H23N3O2. The van der Waals surface area contributed by atoms with Crippen molar-refractivity contribution in [1.82, 2.24) is 10.6 Å². The summed E-state index contributed by atoms with van der Waals surface area (Å²) in [4.78, 5) is 25.3. The van der Waals surface area contributed by atoms with E-state index in [0.717, 1.165) is 17.7 Å². The molecule has 2 amide bonds. The number of hydrogen-bond acceptors (Lipinski definition) is 3. The van der Waals surface area contributed by atoms with Crippen molar-refractivity contribution in [2.45, 2.75) is 32.2 Å². The summed E-state index contributed by atoms with van der Waals surface area (Å²) in [5, 5.41) is 6.18. The Balaban J connectivity index is 1.93. The van der Waals surface area contributed by atoms with E-state index in [1.807, 2.05) is 31.2 Å². The van der Waals surface area contributed by atoms with Gasteiger partial charge in [0.25, 0.3) is 0 Å². The molecule has 1 aromatic rings. The summed E-state index contributed by atoms with van der Waals surface area (Å²) in [7, 11) is 1.80. The Morgan fingerprint density at radius 3 is 2.86 bits per heavy atom. The second-order valence-corrected chi connectivity index (χ2v) is 5.32. The van der Waals surface area contributed by atoms with Crippen molar-refractivity contribution in [2.75, 3.05) is 25.0 Å². The maximum atomic E-state index is 12.0. The van der Waals surface area contributed by atoms with Gasteiger partial charge >= 0.3 is 0 Å². The van der Waals surface area contributed by atoms with E-state index in [2.05, 4.69) is 10.6 Å². The lowest BCUT2D eigenvalue weighted by atomic mass is 9.96.